The average Bonchev–Trinajstić information content (AvgIpc) is 2.04. The number of rotatable bonds is 6. The first kappa shape index (κ1) is 11.0. The SMILES string of the molecule is CCC(C)CCNC(C)CC. The van der Waals surface area contributed by atoms with Gasteiger partial charge in [-0.15, -0.1) is 0 Å². The molecule has 0 aliphatic heterocycles. The molecule has 0 radical (unpaired) electrons. The van der Waals surface area contributed by atoms with Crippen molar-refractivity contribution in [2.45, 2.75) is 53.0 Å². The molecule has 0 saturated heterocycles. The summed E-state index contributed by atoms with van der Waals surface area (Å²) in [6, 6.07) is 0.694. The van der Waals surface area contributed by atoms with Crippen molar-refractivity contribution in [1.29, 1.82) is 0 Å². The van der Waals surface area contributed by atoms with Crippen LogP contribution in [0, 0.1) is 5.92 Å². The Morgan fingerprint density at radius 1 is 1.09 bits per heavy atom. The Hall–Kier alpha value is -0.0400. The van der Waals surface area contributed by atoms with Gasteiger partial charge in [0, 0.05) is 6.04 Å². The quantitative estimate of drug-likeness (QED) is 0.625. The van der Waals surface area contributed by atoms with Gasteiger partial charge in [-0.05, 0) is 32.2 Å². The summed E-state index contributed by atoms with van der Waals surface area (Å²) in [5.74, 6) is 0.881. The molecule has 0 spiro atoms. The third kappa shape index (κ3) is 6.36. The second-order valence-corrected chi connectivity index (χ2v) is 3.57. The molecule has 2 unspecified atom stereocenters. The van der Waals surface area contributed by atoms with E-state index in [-0.39, 0.29) is 0 Å². The van der Waals surface area contributed by atoms with Crippen LogP contribution in [0.15, 0.2) is 0 Å². The third-order valence-electron chi connectivity index (χ3n) is 2.44. The molecule has 2 atom stereocenters. The van der Waals surface area contributed by atoms with Crippen LogP contribution in [0.25, 0.3) is 0 Å². The summed E-state index contributed by atoms with van der Waals surface area (Å²) in [5, 5.41) is 3.50. The van der Waals surface area contributed by atoms with E-state index < -0.39 is 0 Å². The van der Waals surface area contributed by atoms with Crippen LogP contribution in [0.5, 0.6) is 0 Å². The third-order valence-corrected chi connectivity index (χ3v) is 2.44. The molecular formula is C10H23N. The fourth-order valence-corrected chi connectivity index (χ4v) is 0.925. The predicted molar refractivity (Wildman–Crippen MR) is 51.8 cm³/mol. The standard InChI is InChI=1S/C10H23N/c1-5-9(3)7-8-11-10(4)6-2/h9-11H,5-8H2,1-4H3. The zero-order valence-corrected chi connectivity index (χ0v) is 8.48. The molecule has 0 heterocycles. The van der Waals surface area contributed by atoms with E-state index >= 15 is 0 Å². The second kappa shape index (κ2) is 6.66. The summed E-state index contributed by atoms with van der Waals surface area (Å²) in [6.07, 6.45) is 3.86. The monoisotopic (exact) mass is 157 g/mol. The lowest BCUT2D eigenvalue weighted by atomic mass is 10.1. The number of hydrogen-bond acceptors (Lipinski definition) is 1. The molecule has 0 aromatic carbocycles. The van der Waals surface area contributed by atoms with E-state index in [1.165, 1.54) is 25.8 Å². The van der Waals surface area contributed by atoms with Gasteiger partial charge < -0.3 is 5.32 Å². The average molecular weight is 157 g/mol. The zero-order valence-electron chi connectivity index (χ0n) is 8.48. The van der Waals surface area contributed by atoms with Crippen LogP contribution in [0.2, 0.25) is 0 Å². The molecule has 0 rings (SSSR count). The minimum Gasteiger partial charge on any atom is -0.314 e. The van der Waals surface area contributed by atoms with E-state index in [2.05, 4.69) is 33.0 Å². The van der Waals surface area contributed by atoms with E-state index in [9.17, 15) is 0 Å². The van der Waals surface area contributed by atoms with Gasteiger partial charge in [0.15, 0.2) is 0 Å². The van der Waals surface area contributed by atoms with Crippen molar-refractivity contribution in [3.05, 3.63) is 0 Å². The van der Waals surface area contributed by atoms with Crippen molar-refractivity contribution in [2.75, 3.05) is 6.54 Å². The highest BCUT2D eigenvalue weighted by Gasteiger charge is 1.99. The Bertz CT molecular complexity index is 70.9. The fraction of sp³-hybridized carbons (Fsp3) is 1.00. The maximum Gasteiger partial charge on any atom is 0.00361 e. The summed E-state index contributed by atoms with van der Waals surface area (Å²) < 4.78 is 0. The lowest BCUT2D eigenvalue weighted by Crippen LogP contribution is -2.27. The van der Waals surface area contributed by atoms with Crippen LogP contribution in [0.3, 0.4) is 0 Å². The molecule has 0 bridgehead atoms. The Labute approximate surface area is 71.6 Å². The van der Waals surface area contributed by atoms with Gasteiger partial charge >= 0.3 is 0 Å². The van der Waals surface area contributed by atoms with Gasteiger partial charge in [-0.3, -0.25) is 0 Å². The molecule has 11 heavy (non-hydrogen) atoms. The normalized spacial score (nSPS) is 16.4. The van der Waals surface area contributed by atoms with Crippen molar-refractivity contribution in [3.63, 3.8) is 0 Å². The molecule has 1 N–H and O–H groups in total. The summed E-state index contributed by atoms with van der Waals surface area (Å²) in [6.45, 7) is 10.2. The fourth-order valence-electron chi connectivity index (χ4n) is 0.925. The highest BCUT2D eigenvalue weighted by molar-refractivity contribution is 4.59. The van der Waals surface area contributed by atoms with Gasteiger partial charge in [-0.2, -0.15) is 0 Å². The van der Waals surface area contributed by atoms with Crippen LogP contribution in [-0.2, 0) is 0 Å². The maximum atomic E-state index is 3.50. The van der Waals surface area contributed by atoms with E-state index in [1.54, 1.807) is 0 Å². The van der Waals surface area contributed by atoms with Crippen LogP contribution >= 0.6 is 0 Å². The van der Waals surface area contributed by atoms with Gasteiger partial charge in [0.05, 0.1) is 0 Å². The molecule has 0 amide bonds. The molecule has 1 nitrogen and oxygen atoms in total. The molecule has 0 aliphatic carbocycles. The zero-order chi connectivity index (χ0) is 8.69. The molecule has 0 aromatic heterocycles. The summed E-state index contributed by atoms with van der Waals surface area (Å²) >= 11 is 0. The van der Waals surface area contributed by atoms with Crippen molar-refractivity contribution in [3.8, 4) is 0 Å². The summed E-state index contributed by atoms with van der Waals surface area (Å²) in [5.41, 5.74) is 0. The molecule has 1 heteroatoms. The van der Waals surface area contributed by atoms with Gasteiger partial charge in [0.25, 0.3) is 0 Å². The predicted octanol–water partition coefficient (Wildman–Crippen LogP) is 2.81. The van der Waals surface area contributed by atoms with Crippen molar-refractivity contribution < 1.29 is 0 Å². The Morgan fingerprint density at radius 2 is 1.73 bits per heavy atom. The van der Waals surface area contributed by atoms with Gasteiger partial charge in [-0.1, -0.05) is 27.2 Å². The van der Waals surface area contributed by atoms with Crippen LogP contribution in [0.1, 0.15) is 47.0 Å². The Balaban J connectivity index is 3.13. The van der Waals surface area contributed by atoms with E-state index in [1.807, 2.05) is 0 Å². The van der Waals surface area contributed by atoms with Crippen molar-refractivity contribution in [2.24, 2.45) is 5.92 Å². The summed E-state index contributed by atoms with van der Waals surface area (Å²) in [4.78, 5) is 0. The first-order valence-corrected chi connectivity index (χ1v) is 4.94. The first-order chi connectivity index (χ1) is 5.20. The molecule has 0 aromatic rings. The van der Waals surface area contributed by atoms with Gasteiger partial charge in [0.2, 0.25) is 0 Å². The molecule has 0 aliphatic rings. The minimum absolute atomic E-state index is 0.694. The Kier molecular flexibility index (Phi) is 6.63. The molecule has 0 fully saturated rings. The van der Waals surface area contributed by atoms with Gasteiger partial charge in [0.1, 0.15) is 0 Å². The number of nitrogens with one attached hydrogen (secondary N) is 1. The lowest BCUT2D eigenvalue weighted by Gasteiger charge is -2.13. The van der Waals surface area contributed by atoms with E-state index in [0.717, 1.165) is 5.92 Å². The minimum atomic E-state index is 0.694. The highest BCUT2D eigenvalue weighted by Crippen LogP contribution is 2.04. The second-order valence-electron chi connectivity index (χ2n) is 3.57. The topological polar surface area (TPSA) is 12.0 Å². The van der Waals surface area contributed by atoms with E-state index in [0.29, 0.717) is 6.04 Å². The molecule has 68 valence electrons. The van der Waals surface area contributed by atoms with Crippen molar-refractivity contribution >= 4 is 0 Å². The molecule has 0 saturated carbocycles. The van der Waals surface area contributed by atoms with Gasteiger partial charge in [-0.25, -0.2) is 0 Å². The smallest absolute Gasteiger partial charge is 0.00361 e. The van der Waals surface area contributed by atoms with Crippen LogP contribution in [-0.4, -0.2) is 12.6 Å². The lowest BCUT2D eigenvalue weighted by molar-refractivity contribution is 0.452. The number of hydrogen-bond donors (Lipinski definition) is 1. The maximum absolute atomic E-state index is 3.50. The van der Waals surface area contributed by atoms with Crippen LogP contribution in [0.4, 0.5) is 0 Å². The summed E-state index contributed by atoms with van der Waals surface area (Å²) in [7, 11) is 0. The highest BCUT2D eigenvalue weighted by atomic mass is 14.9. The largest absolute Gasteiger partial charge is 0.314 e. The molecular weight excluding hydrogens is 134 g/mol. The Morgan fingerprint density at radius 3 is 2.18 bits per heavy atom. The van der Waals surface area contributed by atoms with E-state index in [4.69, 9.17) is 0 Å². The van der Waals surface area contributed by atoms with Crippen LogP contribution < -0.4 is 5.32 Å². The first-order valence-electron chi connectivity index (χ1n) is 4.94. The van der Waals surface area contributed by atoms with Crippen molar-refractivity contribution in [1.82, 2.24) is 5.32 Å².